The van der Waals surface area contributed by atoms with Crippen LogP contribution >= 0.6 is 15.9 Å². The number of hydrogen-bond donors (Lipinski definition) is 1. The van der Waals surface area contributed by atoms with E-state index < -0.39 is 17.1 Å². The highest BCUT2D eigenvalue weighted by atomic mass is 79.9. The van der Waals surface area contributed by atoms with Gasteiger partial charge in [0.15, 0.2) is 0 Å². The fourth-order valence-corrected chi connectivity index (χ4v) is 3.62. The number of hydrogen-bond acceptors (Lipinski definition) is 4. The van der Waals surface area contributed by atoms with Gasteiger partial charge in [-0.3, -0.25) is 9.00 Å². The average molecular weight is 440 g/mol. The topological polar surface area (TPSA) is 85.6 Å². The standard InChI is InChI=1S/C17H14BrFN2O4S/c1-20-17(22)15-11-7-12(18)13(21(2)26(23)24)8-14(11)25-16(15)9-3-5-10(19)6-4-9/h3-8H,1-2H3,(H,20,22)(H,23,24)/p-1. The molecule has 3 aromatic rings. The zero-order valence-electron chi connectivity index (χ0n) is 13.7. The van der Waals surface area contributed by atoms with Gasteiger partial charge in [-0.05, 0) is 46.3 Å². The lowest BCUT2D eigenvalue weighted by atomic mass is 10.0. The molecule has 0 spiro atoms. The van der Waals surface area contributed by atoms with Crippen molar-refractivity contribution >= 4 is 49.8 Å². The Morgan fingerprint density at radius 3 is 2.54 bits per heavy atom. The number of nitrogens with zero attached hydrogens (tertiary/aromatic N) is 1. The smallest absolute Gasteiger partial charge is 0.255 e. The van der Waals surface area contributed by atoms with Crippen molar-refractivity contribution in [3.8, 4) is 11.3 Å². The molecule has 3 rings (SSSR count). The van der Waals surface area contributed by atoms with Crippen LogP contribution in [0.4, 0.5) is 10.1 Å². The first-order valence-electron chi connectivity index (χ1n) is 7.40. The molecule has 0 bridgehead atoms. The monoisotopic (exact) mass is 439 g/mol. The molecule has 9 heteroatoms. The van der Waals surface area contributed by atoms with Gasteiger partial charge in [0.25, 0.3) is 5.91 Å². The second-order valence-electron chi connectivity index (χ2n) is 5.41. The summed E-state index contributed by atoms with van der Waals surface area (Å²) in [5, 5.41) is 3.06. The first-order chi connectivity index (χ1) is 12.3. The average Bonchev–Trinajstić information content (AvgIpc) is 2.98. The van der Waals surface area contributed by atoms with Gasteiger partial charge in [0.05, 0.1) is 11.3 Å². The van der Waals surface area contributed by atoms with E-state index in [0.29, 0.717) is 26.7 Å². The molecular formula is C17H13BrFN2O4S-. The van der Waals surface area contributed by atoms with Crippen molar-refractivity contribution in [1.82, 2.24) is 5.32 Å². The van der Waals surface area contributed by atoms with Crippen LogP contribution in [0, 0.1) is 5.82 Å². The third-order valence-corrected chi connectivity index (χ3v) is 5.16. The van der Waals surface area contributed by atoms with Crippen molar-refractivity contribution in [3.63, 3.8) is 0 Å². The van der Waals surface area contributed by atoms with Crippen LogP contribution in [-0.4, -0.2) is 28.8 Å². The summed E-state index contributed by atoms with van der Waals surface area (Å²) in [4.78, 5) is 12.4. The minimum Gasteiger partial charge on any atom is -0.755 e. The quantitative estimate of drug-likeness (QED) is 0.629. The molecule has 1 atom stereocenters. The van der Waals surface area contributed by atoms with Crippen LogP contribution in [0.1, 0.15) is 10.4 Å². The van der Waals surface area contributed by atoms with E-state index in [1.165, 1.54) is 44.4 Å². The summed E-state index contributed by atoms with van der Waals surface area (Å²) in [6.07, 6.45) is 0. The Morgan fingerprint density at radius 1 is 1.31 bits per heavy atom. The van der Waals surface area contributed by atoms with Crippen molar-refractivity contribution in [2.45, 2.75) is 0 Å². The molecule has 1 N–H and O–H groups in total. The lowest BCUT2D eigenvalue weighted by Gasteiger charge is -2.22. The zero-order valence-corrected chi connectivity index (χ0v) is 16.1. The van der Waals surface area contributed by atoms with Gasteiger partial charge >= 0.3 is 0 Å². The van der Waals surface area contributed by atoms with Crippen LogP contribution in [0.2, 0.25) is 0 Å². The highest BCUT2D eigenvalue weighted by molar-refractivity contribution is 9.10. The SMILES string of the molecule is CNC(=O)c1c(-c2ccc(F)cc2)oc2cc(N(C)S(=O)[O-])c(Br)cc12. The Balaban J connectivity index is 2.29. The number of anilines is 1. The van der Waals surface area contributed by atoms with Gasteiger partial charge < -0.3 is 18.6 Å². The number of carbonyl (C=O) groups is 1. The lowest BCUT2D eigenvalue weighted by molar-refractivity contribution is 0.0964. The summed E-state index contributed by atoms with van der Waals surface area (Å²) in [5.41, 5.74) is 1.50. The second-order valence-corrected chi connectivity index (χ2v) is 7.24. The molecule has 1 unspecified atom stereocenters. The summed E-state index contributed by atoms with van der Waals surface area (Å²) >= 11 is 0.857. The second kappa shape index (κ2) is 7.18. The number of nitrogens with one attached hydrogen (secondary N) is 1. The Hall–Kier alpha value is -2.23. The largest absolute Gasteiger partial charge is 0.755 e. The van der Waals surface area contributed by atoms with E-state index in [-0.39, 0.29) is 17.2 Å². The maximum Gasteiger partial charge on any atom is 0.255 e. The van der Waals surface area contributed by atoms with E-state index in [2.05, 4.69) is 21.2 Å². The minimum absolute atomic E-state index is 0.272. The molecule has 26 heavy (non-hydrogen) atoms. The first kappa shape index (κ1) is 18.6. The summed E-state index contributed by atoms with van der Waals surface area (Å²) in [5.74, 6) is -0.506. The molecule has 0 radical (unpaired) electrons. The van der Waals surface area contributed by atoms with Crippen molar-refractivity contribution < 1.29 is 22.4 Å². The first-order valence-corrected chi connectivity index (χ1v) is 9.23. The fraction of sp³-hybridized carbons (Fsp3) is 0.118. The summed E-state index contributed by atoms with van der Waals surface area (Å²) in [6.45, 7) is 0. The van der Waals surface area contributed by atoms with Gasteiger partial charge in [-0.15, -0.1) is 0 Å². The molecule has 1 amide bonds. The van der Waals surface area contributed by atoms with Crippen molar-refractivity contribution in [2.75, 3.05) is 18.4 Å². The molecule has 1 heterocycles. The van der Waals surface area contributed by atoms with E-state index in [1.54, 1.807) is 6.07 Å². The van der Waals surface area contributed by atoms with Gasteiger partial charge in [0.2, 0.25) is 0 Å². The highest BCUT2D eigenvalue weighted by Crippen LogP contribution is 2.39. The normalized spacial score (nSPS) is 12.2. The summed E-state index contributed by atoms with van der Waals surface area (Å²) in [7, 11) is 2.88. The van der Waals surface area contributed by atoms with Crippen LogP contribution in [0.5, 0.6) is 0 Å². The van der Waals surface area contributed by atoms with Crippen molar-refractivity contribution in [2.24, 2.45) is 0 Å². The molecule has 0 fully saturated rings. The molecule has 6 nitrogen and oxygen atoms in total. The molecule has 1 aromatic heterocycles. The summed E-state index contributed by atoms with van der Waals surface area (Å²) < 4.78 is 43.1. The number of fused-ring (bicyclic) bond motifs is 1. The van der Waals surface area contributed by atoms with E-state index in [4.69, 9.17) is 4.42 Å². The Bertz CT molecular complexity index is 1020. The van der Waals surface area contributed by atoms with Gasteiger partial charge in [0, 0.05) is 46.9 Å². The Labute approximate surface area is 159 Å². The lowest BCUT2D eigenvalue weighted by Crippen LogP contribution is -2.20. The maximum absolute atomic E-state index is 13.2. The number of rotatable bonds is 4. The van der Waals surface area contributed by atoms with Gasteiger partial charge in [-0.1, -0.05) is 0 Å². The zero-order chi connectivity index (χ0) is 19.0. The molecule has 136 valence electrons. The van der Waals surface area contributed by atoms with Gasteiger partial charge in [-0.2, -0.15) is 0 Å². The molecule has 0 saturated heterocycles. The van der Waals surface area contributed by atoms with Gasteiger partial charge in [-0.25, -0.2) is 4.39 Å². The summed E-state index contributed by atoms with van der Waals surface area (Å²) in [6, 6.07) is 8.70. The number of furan rings is 1. The van der Waals surface area contributed by atoms with Gasteiger partial charge in [0.1, 0.15) is 17.2 Å². The van der Waals surface area contributed by atoms with E-state index >= 15 is 0 Å². The molecule has 0 aliphatic carbocycles. The van der Waals surface area contributed by atoms with Crippen molar-refractivity contribution in [1.29, 1.82) is 0 Å². The minimum atomic E-state index is -2.47. The molecule has 0 aliphatic rings. The van der Waals surface area contributed by atoms with Crippen molar-refractivity contribution in [3.05, 3.63) is 52.3 Å². The number of carbonyl (C=O) groups excluding carboxylic acids is 1. The fourth-order valence-electron chi connectivity index (χ4n) is 2.58. The van der Waals surface area contributed by atoms with E-state index in [1.807, 2.05) is 0 Å². The van der Waals surface area contributed by atoms with E-state index in [9.17, 15) is 17.9 Å². The van der Waals surface area contributed by atoms with Crippen LogP contribution in [0.15, 0.2) is 45.3 Å². The third-order valence-electron chi connectivity index (χ3n) is 3.88. The highest BCUT2D eigenvalue weighted by Gasteiger charge is 2.23. The number of amides is 1. The van der Waals surface area contributed by atoms with Crippen LogP contribution in [0.25, 0.3) is 22.3 Å². The Kier molecular flexibility index (Phi) is 5.12. The Morgan fingerprint density at radius 2 is 1.96 bits per heavy atom. The number of halogens is 2. The predicted molar refractivity (Wildman–Crippen MR) is 100 cm³/mol. The predicted octanol–water partition coefficient (Wildman–Crippen LogP) is 3.59. The maximum atomic E-state index is 13.2. The molecule has 0 saturated carbocycles. The van der Waals surface area contributed by atoms with Crippen LogP contribution < -0.4 is 9.62 Å². The number of benzene rings is 2. The molecule has 2 aromatic carbocycles. The van der Waals surface area contributed by atoms with Crippen LogP contribution in [-0.2, 0) is 11.3 Å². The molecule has 0 aliphatic heterocycles. The van der Waals surface area contributed by atoms with E-state index in [0.717, 1.165) is 4.31 Å². The van der Waals surface area contributed by atoms with Crippen LogP contribution in [0.3, 0.4) is 0 Å². The molecular weight excluding hydrogens is 427 g/mol. The third kappa shape index (κ3) is 3.25.